The molecule has 3 saturated heterocycles. The highest BCUT2D eigenvalue weighted by atomic mass is 32.1. The SMILES string of the molecule is C.C.O=C1CO[C@@H]2CCN(C(=O)[C@@H](CC(=O)N3CCOCC3)CC3CCCCC3)[C@H]12.S. The third-order valence-electron chi connectivity index (χ3n) is 6.87. The first kappa shape index (κ1) is 27.9. The molecule has 0 radical (unpaired) electrons. The number of carbonyl (C=O) groups is 3. The summed E-state index contributed by atoms with van der Waals surface area (Å²) in [5.74, 6) is 0.215. The van der Waals surface area contributed by atoms with E-state index in [9.17, 15) is 14.4 Å². The van der Waals surface area contributed by atoms with Crippen molar-refractivity contribution in [2.75, 3.05) is 39.5 Å². The van der Waals surface area contributed by atoms with Crippen LogP contribution in [0.1, 0.15) is 66.2 Å². The molecule has 0 aromatic carbocycles. The van der Waals surface area contributed by atoms with Crippen LogP contribution < -0.4 is 0 Å². The molecule has 3 aliphatic heterocycles. The van der Waals surface area contributed by atoms with Crippen LogP contribution in [-0.2, 0) is 23.9 Å². The van der Waals surface area contributed by atoms with Gasteiger partial charge in [-0.15, -0.1) is 0 Å². The van der Waals surface area contributed by atoms with E-state index in [1.165, 1.54) is 19.3 Å². The molecular weight excluding hydrogens is 416 g/mol. The van der Waals surface area contributed by atoms with E-state index in [2.05, 4.69) is 0 Å². The van der Waals surface area contributed by atoms with Crippen LogP contribution in [-0.4, -0.2) is 79.0 Å². The van der Waals surface area contributed by atoms with Gasteiger partial charge in [0.25, 0.3) is 0 Å². The molecule has 7 nitrogen and oxygen atoms in total. The summed E-state index contributed by atoms with van der Waals surface area (Å²) in [6, 6.07) is -0.431. The lowest BCUT2D eigenvalue weighted by atomic mass is 9.81. The predicted molar refractivity (Wildman–Crippen MR) is 125 cm³/mol. The molecular formula is C23H42N2O5S. The van der Waals surface area contributed by atoms with E-state index in [0.29, 0.717) is 38.8 Å². The van der Waals surface area contributed by atoms with Crippen LogP contribution >= 0.6 is 13.5 Å². The van der Waals surface area contributed by atoms with Crippen LogP contribution in [0.15, 0.2) is 0 Å². The predicted octanol–water partition coefficient (Wildman–Crippen LogP) is 2.78. The van der Waals surface area contributed by atoms with Gasteiger partial charge in [0.1, 0.15) is 12.6 Å². The highest BCUT2D eigenvalue weighted by molar-refractivity contribution is 7.59. The normalized spacial score (nSPS) is 26.9. The molecule has 4 rings (SSSR count). The molecule has 0 spiro atoms. The molecule has 1 saturated carbocycles. The van der Waals surface area contributed by atoms with E-state index in [4.69, 9.17) is 9.47 Å². The summed E-state index contributed by atoms with van der Waals surface area (Å²) < 4.78 is 10.9. The number of ether oxygens (including phenoxy) is 2. The Morgan fingerprint density at radius 1 is 1.00 bits per heavy atom. The summed E-state index contributed by atoms with van der Waals surface area (Å²) in [5, 5.41) is 0. The number of rotatable bonds is 5. The summed E-state index contributed by atoms with van der Waals surface area (Å²) >= 11 is 0. The molecule has 180 valence electrons. The minimum Gasteiger partial charge on any atom is -0.378 e. The molecule has 0 aromatic rings. The summed E-state index contributed by atoms with van der Waals surface area (Å²) in [5.41, 5.74) is 0. The lowest BCUT2D eigenvalue weighted by Crippen LogP contribution is -2.47. The van der Waals surface area contributed by atoms with Gasteiger partial charge < -0.3 is 19.3 Å². The van der Waals surface area contributed by atoms with Crippen molar-refractivity contribution in [1.82, 2.24) is 9.80 Å². The van der Waals surface area contributed by atoms with Gasteiger partial charge in [-0.05, 0) is 18.8 Å². The molecule has 3 atom stereocenters. The molecule has 8 heteroatoms. The van der Waals surface area contributed by atoms with Crippen LogP contribution in [0.5, 0.6) is 0 Å². The molecule has 0 aromatic heterocycles. The number of fused-ring (bicyclic) bond motifs is 1. The maximum Gasteiger partial charge on any atom is 0.226 e. The first-order valence-corrected chi connectivity index (χ1v) is 10.9. The van der Waals surface area contributed by atoms with E-state index in [1.807, 2.05) is 4.90 Å². The first-order valence-electron chi connectivity index (χ1n) is 10.9. The minimum absolute atomic E-state index is 0. The summed E-state index contributed by atoms with van der Waals surface area (Å²) in [4.78, 5) is 42.1. The van der Waals surface area contributed by atoms with Crippen LogP contribution in [0.2, 0.25) is 0 Å². The fraction of sp³-hybridized carbons (Fsp3) is 0.870. The van der Waals surface area contributed by atoms with Crippen molar-refractivity contribution in [1.29, 1.82) is 0 Å². The number of hydrogen-bond acceptors (Lipinski definition) is 5. The zero-order valence-electron chi connectivity index (χ0n) is 17.1. The van der Waals surface area contributed by atoms with Gasteiger partial charge in [0.15, 0.2) is 5.78 Å². The number of Topliss-reactive ketones (excluding diaryl/α,β-unsaturated/α-hetero) is 1. The number of morpholine rings is 1. The smallest absolute Gasteiger partial charge is 0.226 e. The second-order valence-corrected chi connectivity index (χ2v) is 8.71. The van der Waals surface area contributed by atoms with Crippen LogP contribution in [0.3, 0.4) is 0 Å². The van der Waals surface area contributed by atoms with E-state index in [0.717, 1.165) is 25.7 Å². The van der Waals surface area contributed by atoms with Gasteiger partial charge in [0.2, 0.25) is 11.8 Å². The summed E-state index contributed by atoms with van der Waals surface area (Å²) in [6.45, 7) is 3.00. The van der Waals surface area contributed by atoms with E-state index < -0.39 is 6.04 Å². The number of nitrogens with zero attached hydrogens (tertiary/aromatic N) is 2. The van der Waals surface area contributed by atoms with Crippen molar-refractivity contribution in [3.8, 4) is 0 Å². The molecule has 4 aliphatic rings. The number of amides is 2. The van der Waals surface area contributed by atoms with Crippen molar-refractivity contribution in [3.63, 3.8) is 0 Å². The van der Waals surface area contributed by atoms with Gasteiger partial charge in [-0.25, -0.2) is 0 Å². The summed E-state index contributed by atoms with van der Waals surface area (Å²) in [7, 11) is 0. The van der Waals surface area contributed by atoms with Crippen LogP contribution in [0, 0.1) is 11.8 Å². The second-order valence-electron chi connectivity index (χ2n) is 8.71. The largest absolute Gasteiger partial charge is 0.378 e. The maximum atomic E-state index is 13.4. The number of hydrogen-bond donors (Lipinski definition) is 0. The molecule has 0 bridgehead atoms. The van der Waals surface area contributed by atoms with Crippen molar-refractivity contribution in [2.45, 2.75) is 78.4 Å². The molecule has 0 unspecified atom stereocenters. The Morgan fingerprint density at radius 2 is 1.68 bits per heavy atom. The molecule has 31 heavy (non-hydrogen) atoms. The average molecular weight is 459 g/mol. The Hall–Kier alpha value is -1.12. The standard InChI is InChI=1S/C21H32N2O5.2CH4.H2S/c24-17-14-28-18-6-7-23(20(17)18)21(26)16(12-15-4-2-1-3-5-15)13-19(25)22-8-10-27-11-9-22;;;/h15-16,18,20H,1-14H2;2*1H4;1H2/t16-,18-,20-;;;/m1.../s1. The van der Waals surface area contributed by atoms with Crippen LogP contribution in [0.25, 0.3) is 0 Å². The second kappa shape index (κ2) is 12.8. The topological polar surface area (TPSA) is 76.2 Å². The van der Waals surface area contributed by atoms with Gasteiger partial charge in [-0.1, -0.05) is 47.0 Å². The molecule has 4 fully saturated rings. The maximum absolute atomic E-state index is 13.4. The zero-order chi connectivity index (χ0) is 19.5. The highest BCUT2D eigenvalue weighted by Crippen LogP contribution is 2.34. The monoisotopic (exact) mass is 458 g/mol. The molecule has 0 N–H and O–H groups in total. The van der Waals surface area contributed by atoms with Crippen molar-refractivity contribution in [2.24, 2.45) is 11.8 Å². The molecule has 3 heterocycles. The number of ketones is 1. The highest BCUT2D eigenvalue weighted by Gasteiger charge is 2.48. The summed E-state index contributed by atoms with van der Waals surface area (Å²) in [6.07, 6.45) is 7.55. The average Bonchev–Trinajstić information content (AvgIpc) is 3.31. The van der Waals surface area contributed by atoms with E-state index in [-0.39, 0.29) is 71.0 Å². The van der Waals surface area contributed by atoms with Gasteiger partial charge in [0, 0.05) is 32.0 Å². The van der Waals surface area contributed by atoms with Crippen molar-refractivity contribution >= 4 is 31.1 Å². The number of likely N-dealkylation sites (tertiary alicyclic amines) is 1. The lowest BCUT2D eigenvalue weighted by molar-refractivity contribution is -0.145. The van der Waals surface area contributed by atoms with E-state index in [1.54, 1.807) is 4.90 Å². The number of carbonyl (C=O) groups excluding carboxylic acids is 3. The van der Waals surface area contributed by atoms with Gasteiger partial charge >= 0.3 is 0 Å². The fourth-order valence-electron chi connectivity index (χ4n) is 5.33. The van der Waals surface area contributed by atoms with Gasteiger partial charge in [0.05, 0.1) is 19.3 Å². The Bertz CT molecular complexity index is 605. The Labute approximate surface area is 194 Å². The third-order valence-corrected chi connectivity index (χ3v) is 6.87. The van der Waals surface area contributed by atoms with Crippen molar-refractivity contribution < 1.29 is 23.9 Å². The minimum atomic E-state index is -0.431. The quantitative estimate of drug-likeness (QED) is 0.633. The van der Waals surface area contributed by atoms with Gasteiger partial charge in [-0.3, -0.25) is 14.4 Å². The first-order chi connectivity index (χ1) is 13.6. The van der Waals surface area contributed by atoms with Crippen molar-refractivity contribution in [3.05, 3.63) is 0 Å². The zero-order valence-corrected chi connectivity index (χ0v) is 18.1. The Balaban J connectivity index is 0.00000160. The van der Waals surface area contributed by atoms with Gasteiger partial charge in [-0.2, -0.15) is 13.5 Å². The lowest BCUT2D eigenvalue weighted by Gasteiger charge is -2.32. The Kier molecular flexibility index (Phi) is 11.5. The molecule has 2 amide bonds. The third kappa shape index (κ3) is 6.45. The van der Waals surface area contributed by atoms with E-state index >= 15 is 0 Å². The van der Waals surface area contributed by atoms with Crippen LogP contribution in [0.4, 0.5) is 0 Å². The fourth-order valence-corrected chi connectivity index (χ4v) is 5.33. The molecule has 1 aliphatic carbocycles. The Morgan fingerprint density at radius 3 is 2.35 bits per heavy atom.